The van der Waals surface area contributed by atoms with Crippen molar-refractivity contribution in [1.29, 1.82) is 0 Å². The van der Waals surface area contributed by atoms with Gasteiger partial charge in [-0.15, -0.1) is 0 Å². The fourth-order valence-corrected chi connectivity index (χ4v) is 3.52. The summed E-state index contributed by atoms with van der Waals surface area (Å²) in [6.45, 7) is 6.47. The number of aryl methyl sites for hydroxylation is 2. The van der Waals surface area contributed by atoms with E-state index in [1.807, 2.05) is 51.1 Å². The number of carbonyl (C=O) groups is 1. The van der Waals surface area contributed by atoms with Crippen molar-refractivity contribution in [3.63, 3.8) is 0 Å². The van der Waals surface area contributed by atoms with Crippen molar-refractivity contribution in [1.82, 2.24) is 5.16 Å². The van der Waals surface area contributed by atoms with E-state index < -0.39 is 0 Å². The Labute approximate surface area is 152 Å². The summed E-state index contributed by atoms with van der Waals surface area (Å²) in [5, 5.41) is 7.07. The van der Waals surface area contributed by atoms with Gasteiger partial charge in [0.25, 0.3) is 0 Å². The third-order valence-electron chi connectivity index (χ3n) is 4.93. The third kappa shape index (κ3) is 2.75. The molecule has 0 aliphatic carbocycles. The number of nitrogens with one attached hydrogen (secondary N) is 1. The average molecular weight is 347 g/mol. The van der Waals surface area contributed by atoms with Crippen LogP contribution in [0.4, 0.5) is 11.4 Å². The van der Waals surface area contributed by atoms with E-state index in [-0.39, 0.29) is 11.9 Å². The van der Waals surface area contributed by atoms with E-state index >= 15 is 0 Å². The van der Waals surface area contributed by atoms with E-state index in [2.05, 4.69) is 33.6 Å². The molecule has 2 aromatic carbocycles. The molecule has 0 fully saturated rings. The van der Waals surface area contributed by atoms with Crippen LogP contribution < -0.4 is 10.2 Å². The van der Waals surface area contributed by atoms with Crippen LogP contribution in [-0.4, -0.2) is 17.1 Å². The van der Waals surface area contributed by atoms with Crippen LogP contribution in [0.5, 0.6) is 0 Å². The number of rotatable bonds is 3. The molecule has 3 aromatic rings. The van der Waals surface area contributed by atoms with Crippen LogP contribution in [-0.2, 0) is 11.3 Å². The molecule has 1 unspecified atom stereocenters. The topological polar surface area (TPSA) is 58.4 Å². The van der Waals surface area contributed by atoms with Crippen LogP contribution in [0.25, 0.3) is 11.1 Å². The lowest BCUT2D eigenvalue weighted by atomic mass is 10.00. The van der Waals surface area contributed by atoms with E-state index in [4.69, 9.17) is 4.52 Å². The molecule has 1 aromatic heterocycles. The maximum atomic E-state index is 12.4. The smallest absolute Gasteiger partial charge is 0.246 e. The summed E-state index contributed by atoms with van der Waals surface area (Å²) < 4.78 is 5.32. The summed E-state index contributed by atoms with van der Waals surface area (Å²) >= 11 is 0. The lowest BCUT2D eigenvalue weighted by molar-refractivity contribution is -0.117. The first-order valence-electron chi connectivity index (χ1n) is 8.73. The molecule has 2 heterocycles. The van der Waals surface area contributed by atoms with Gasteiger partial charge in [-0.2, -0.15) is 0 Å². The minimum Gasteiger partial charge on any atom is -0.361 e. The van der Waals surface area contributed by atoms with Crippen LogP contribution >= 0.6 is 0 Å². The lowest BCUT2D eigenvalue weighted by Gasteiger charge is -2.36. The predicted molar refractivity (Wildman–Crippen MR) is 102 cm³/mol. The Morgan fingerprint density at radius 3 is 2.62 bits per heavy atom. The van der Waals surface area contributed by atoms with Gasteiger partial charge in [0.2, 0.25) is 5.91 Å². The molecule has 26 heavy (non-hydrogen) atoms. The number of aromatic nitrogens is 1. The largest absolute Gasteiger partial charge is 0.361 e. The number of nitrogens with zero attached hydrogens (tertiary/aromatic N) is 2. The second kappa shape index (κ2) is 6.33. The van der Waals surface area contributed by atoms with E-state index in [9.17, 15) is 4.79 Å². The highest BCUT2D eigenvalue weighted by Crippen LogP contribution is 2.38. The molecule has 0 radical (unpaired) electrons. The van der Waals surface area contributed by atoms with Gasteiger partial charge in [-0.25, -0.2) is 0 Å². The zero-order valence-corrected chi connectivity index (χ0v) is 15.1. The van der Waals surface area contributed by atoms with Crippen LogP contribution in [0, 0.1) is 13.8 Å². The highest BCUT2D eigenvalue weighted by atomic mass is 16.5. The van der Waals surface area contributed by atoms with Gasteiger partial charge in [0.1, 0.15) is 11.8 Å². The molecule has 5 heteroatoms. The van der Waals surface area contributed by atoms with Gasteiger partial charge in [-0.3, -0.25) is 4.79 Å². The SMILES string of the molecule is Cc1noc(C)c1-c1ccc2c(c1)N(Cc1ccccc1)C(C)C(=O)N2. The summed E-state index contributed by atoms with van der Waals surface area (Å²) in [6, 6.07) is 16.0. The summed E-state index contributed by atoms with van der Waals surface area (Å²) in [4.78, 5) is 14.5. The molecule has 0 saturated carbocycles. The van der Waals surface area contributed by atoms with Crippen molar-refractivity contribution in [2.45, 2.75) is 33.4 Å². The molecule has 1 aliphatic heterocycles. The Hall–Kier alpha value is -3.08. The average Bonchev–Trinajstić information content (AvgIpc) is 2.98. The lowest BCUT2D eigenvalue weighted by Crippen LogP contribution is -2.45. The first-order chi connectivity index (χ1) is 12.5. The van der Waals surface area contributed by atoms with Crippen molar-refractivity contribution in [3.8, 4) is 11.1 Å². The molecule has 0 saturated heterocycles. The Balaban J connectivity index is 1.79. The molecular formula is C21H21N3O2. The van der Waals surface area contributed by atoms with Gasteiger partial charge in [-0.05, 0) is 44.0 Å². The molecule has 1 atom stereocenters. The number of carbonyl (C=O) groups excluding carboxylic acids is 1. The number of fused-ring (bicyclic) bond motifs is 1. The highest BCUT2D eigenvalue weighted by Gasteiger charge is 2.30. The summed E-state index contributed by atoms with van der Waals surface area (Å²) in [5.74, 6) is 0.809. The number of benzene rings is 2. The second-order valence-electron chi connectivity index (χ2n) is 6.71. The van der Waals surface area contributed by atoms with E-state index in [0.717, 1.165) is 34.0 Å². The van der Waals surface area contributed by atoms with Crippen molar-refractivity contribution < 1.29 is 9.32 Å². The van der Waals surface area contributed by atoms with Crippen LogP contribution in [0.3, 0.4) is 0 Å². The molecule has 1 aliphatic rings. The van der Waals surface area contributed by atoms with Gasteiger partial charge in [0, 0.05) is 12.1 Å². The normalized spacial score (nSPS) is 16.3. The summed E-state index contributed by atoms with van der Waals surface area (Å²) in [7, 11) is 0. The van der Waals surface area contributed by atoms with Gasteiger partial charge in [-0.1, -0.05) is 41.6 Å². The van der Waals surface area contributed by atoms with E-state index in [0.29, 0.717) is 6.54 Å². The van der Waals surface area contributed by atoms with Crippen LogP contribution in [0.2, 0.25) is 0 Å². The number of anilines is 2. The fourth-order valence-electron chi connectivity index (χ4n) is 3.52. The quantitative estimate of drug-likeness (QED) is 0.767. The molecule has 5 nitrogen and oxygen atoms in total. The summed E-state index contributed by atoms with van der Waals surface area (Å²) in [6.07, 6.45) is 0. The zero-order chi connectivity index (χ0) is 18.3. The summed E-state index contributed by atoms with van der Waals surface area (Å²) in [5.41, 5.74) is 5.93. The molecule has 1 amide bonds. The van der Waals surface area contributed by atoms with E-state index in [1.165, 1.54) is 5.56 Å². The van der Waals surface area contributed by atoms with Crippen LogP contribution in [0.15, 0.2) is 53.1 Å². The molecule has 1 N–H and O–H groups in total. The second-order valence-corrected chi connectivity index (χ2v) is 6.71. The van der Waals surface area contributed by atoms with Crippen molar-refractivity contribution >= 4 is 17.3 Å². The highest BCUT2D eigenvalue weighted by molar-refractivity contribution is 6.04. The molecule has 0 spiro atoms. The molecular weight excluding hydrogens is 326 g/mol. The van der Waals surface area contributed by atoms with Crippen LogP contribution in [0.1, 0.15) is 23.9 Å². The third-order valence-corrected chi connectivity index (χ3v) is 4.93. The van der Waals surface area contributed by atoms with Crippen molar-refractivity contribution in [2.24, 2.45) is 0 Å². The number of hydrogen-bond donors (Lipinski definition) is 1. The Bertz CT molecular complexity index is 943. The van der Waals surface area contributed by atoms with Crippen molar-refractivity contribution in [2.75, 3.05) is 10.2 Å². The molecule has 132 valence electrons. The first kappa shape index (κ1) is 16.4. The van der Waals surface area contributed by atoms with Crippen molar-refractivity contribution in [3.05, 3.63) is 65.5 Å². The standard InChI is InChI=1S/C21H21N3O2/c1-13-20(15(3)26-23-13)17-9-10-18-19(11-17)24(14(2)21(25)22-18)12-16-7-5-4-6-8-16/h4-11,14H,12H2,1-3H3,(H,22,25). The molecule has 0 bridgehead atoms. The Kier molecular flexibility index (Phi) is 3.99. The van der Waals surface area contributed by atoms with Gasteiger partial charge in [0.15, 0.2) is 0 Å². The predicted octanol–water partition coefficient (Wildman–Crippen LogP) is 4.31. The zero-order valence-electron chi connectivity index (χ0n) is 15.1. The van der Waals surface area contributed by atoms with Gasteiger partial charge < -0.3 is 14.7 Å². The minimum atomic E-state index is -0.248. The Morgan fingerprint density at radius 2 is 1.92 bits per heavy atom. The minimum absolute atomic E-state index is 0.0125. The van der Waals surface area contributed by atoms with E-state index in [1.54, 1.807) is 0 Å². The maximum Gasteiger partial charge on any atom is 0.246 e. The van der Waals surface area contributed by atoms with Gasteiger partial charge >= 0.3 is 0 Å². The number of hydrogen-bond acceptors (Lipinski definition) is 4. The first-order valence-corrected chi connectivity index (χ1v) is 8.73. The molecule has 4 rings (SSSR count). The van der Waals surface area contributed by atoms with Gasteiger partial charge in [0.05, 0.1) is 17.1 Å². The fraction of sp³-hybridized carbons (Fsp3) is 0.238. The Morgan fingerprint density at radius 1 is 1.15 bits per heavy atom. The number of amides is 1. The maximum absolute atomic E-state index is 12.4. The monoisotopic (exact) mass is 347 g/mol.